The van der Waals surface area contributed by atoms with E-state index in [0.717, 1.165) is 39.0 Å². The molecule has 6 aromatic rings. The molecule has 0 saturated heterocycles. The largest absolute Gasteiger partial charge is 0.443 e. The van der Waals surface area contributed by atoms with Crippen molar-refractivity contribution in [3.8, 4) is 39.3 Å². The zero-order valence-corrected chi connectivity index (χ0v) is 17.1. The molecule has 0 aliphatic heterocycles. The molecule has 0 bridgehead atoms. The Balaban J connectivity index is 1.67. The molecular weight excluding hydrogens is 396 g/mol. The summed E-state index contributed by atoms with van der Waals surface area (Å²) in [6.45, 7) is 0. The molecule has 6 rings (SSSR count). The highest BCUT2D eigenvalue weighted by Gasteiger charge is 2.20. The van der Waals surface area contributed by atoms with Gasteiger partial charge in [-0.1, -0.05) is 84.9 Å². The summed E-state index contributed by atoms with van der Waals surface area (Å²) in [4.78, 5) is 8.92. The Morgan fingerprint density at radius 2 is 1.22 bits per heavy atom. The van der Waals surface area contributed by atoms with Crippen LogP contribution in [0.25, 0.3) is 50.4 Å². The molecule has 5 heteroatoms. The average molecular weight is 414 g/mol. The van der Waals surface area contributed by atoms with Gasteiger partial charge in [0.15, 0.2) is 17.8 Å². The van der Waals surface area contributed by atoms with Crippen LogP contribution in [0.3, 0.4) is 0 Å². The third-order valence-corrected chi connectivity index (χ3v) is 5.56. The maximum absolute atomic E-state index is 5.70. The van der Waals surface area contributed by atoms with Gasteiger partial charge in [-0.25, -0.2) is 14.6 Å². The van der Waals surface area contributed by atoms with Gasteiger partial charge in [-0.05, 0) is 23.3 Å². The van der Waals surface area contributed by atoms with Crippen LogP contribution in [0, 0.1) is 0 Å². The maximum atomic E-state index is 5.70. The van der Waals surface area contributed by atoms with Gasteiger partial charge in [-0.15, -0.1) is 0 Å². The molecule has 2 heterocycles. The zero-order chi connectivity index (χ0) is 21.3. The molecule has 0 spiro atoms. The Labute approximate surface area is 184 Å². The van der Waals surface area contributed by atoms with E-state index in [9.17, 15) is 0 Å². The third-order valence-electron chi connectivity index (χ3n) is 5.56. The number of aromatic nitrogens is 4. The van der Waals surface area contributed by atoms with Crippen molar-refractivity contribution in [3.63, 3.8) is 0 Å². The summed E-state index contributed by atoms with van der Waals surface area (Å²) in [6.07, 6.45) is 3.04. The van der Waals surface area contributed by atoms with E-state index in [1.54, 1.807) is 6.33 Å². The van der Waals surface area contributed by atoms with Gasteiger partial charge >= 0.3 is 0 Å². The first-order valence-corrected chi connectivity index (χ1v) is 10.4. The first-order valence-electron chi connectivity index (χ1n) is 10.4. The van der Waals surface area contributed by atoms with Crippen LogP contribution >= 0.6 is 0 Å². The van der Waals surface area contributed by atoms with E-state index in [2.05, 4.69) is 57.5 Å². The molecule has 32 heavy (non-hydrogen) atoms. The van der Waals surface area contributed by atoms with Crippen molar-refractivity contribution in [2.24, 2.45) is 0 Å². The smallest absolute Gasteiger partial charge is 0.182 e. The average Bonchev–Trinajstić information content (AvgIpc) is 3.54. The maximum Gasteiger partial charge on any atom is 0.182 e. The lowest BCUT2D eigenvalue weighted by Crippen LogP contribution is -2.04. The number of nitrogens with zero attached hydrogens (tertiary/aromatic N) is 4. The fraction of sp³-hybridized carbons (Fsp3) is 0. The molecule has 2 aromatic heterocycles. The Morgan fingerprint density at radius 3 is 1.91 bits per heavy atom. The molecule has 0 saturated carbocycles. The van der Waals surface area contributed by atoms with Crippen molar-refractivity contribution in [2.75, 3.05) is 0 Å². The van der Waals surface area contributed by atoms with Crippen LogP contribution in [0.2, 0.25) is 0 Å². The van der Waals surface area contributed by atoms with Gasteiger partial charge in [0.25, 0.3) is 0 Å². The lowest BCUT2D eigenvalue weighted by molar-refractivity contribution is 0.602. The highest BCUT2D eigenvalue weighted by Crippen LogP contribution is 2.38. The Morgan fingerprint density at radius 1 is 0.594 bits per heavy atom. The minimum atomic E-state index is 0.695. The van der Waals surface area contributed by atoms with Crippen molar-refractivity contribution < 1.29 is 4.42 Å². The van der Waals surface area contributed by atoms with Gasteiger partial charge in [-0.2, -0.15) is 5.10 Å². The molecular formula is C27H18N4O. The standard InChI is InChI=1S/C27H18N4O/c1-3-9-19(10-4-1)21-13-7-14-22(20-11-5-2-6-12-20)25(21)31-27(28-17-30-31)23-15-8-16-24-26(23)32-18-29-24/h1-18H. The normalized spacial score (nSPS) is 11.1. The van der Waals surface area contributed by atoms with Gasteiger partial charge in [0, 0.05) is 11.1 Å². The van der Waals surface area contributed by atoms with E-state index < -0.39 is 0 Å². The summed E-state index contributed by atoms with van der Waals surface area (Å²) < 4.78 is 7.61. The van der Waals surface area contributed by atoms with Gasteiger partial charge in [-0.3, -0.25) is 0 Å². The summed E-state index contributed by atoms with van der Waals surface area (Å²) in [5.41, 5.74) is 7.66. The lowest BCUT2D eigenvalue weighted by atomic mass is 9.95. The SMILES string of the molecule is c1ccc(-c2cccc(-c3ccccc3)c2-n2ncnc2-c2cccc3ncoc23)cc1. The van der Waals surface area contributed by atoms with Crippen LogP contribution in [0.4, 0.5) is 0 Å². The van der Waals surface area contributed by atoms with Crippen molar-refractivity contribution in [3.05, 3.63) is 110 Å². The molecule has 5 nitrogen and oxygen atoms in total. The number of benzene rings is 4. The fourth-order valence-corrected chi connectivity index (χ4v) is 4.12. The van der Waals surface area contributed by atoms with Gasteiger partial charge in [0.1, 0.15) is 11.8 Å². The number of para-hydroxylation sites is 2. The highest BCUT2D eigenvalue weighted by atomic mass is 16.3. The minimum Gasteiger partial charge on any atom is -0.443 e. The first kappa shape index (κ1) is 18.3. The summed E-state index contributed by atoms with van der Waals surface area (Å²) >= 11 is 0. The second kappa shape index (κ2) is 7.63. The summed E-state index contributed by atoms with van der Waals surface area (Å²) in [5.74, 6) is 0.702. The van der Waals surface area contributed by atoms with E-state index in [-0.39, 0.29) is 0 Å². The highest BCUT2D eigenvalue weighted by molar-refractivity contribution is 5.90. The van der Waals surface area contributed by atoms with Crippen LogP contribution in [0.15, 0.2) is 114 Å². The third kappa shape index (κ3) is 2.99. The molecule has 4 aromatic carbocycles. The van der Waals surface area contributed by atoms with Crippen LogP contribution in [-0.4, -0.2) is 19.7 Å². The first-order chi connectivity index (χ1) is 15.9. The molecule has 0 aliphatic rings. The summed E-state index contributed by atoms with van der Waals surface area (Å²) in [7, 11) is 0. The Bertz CT molecular complexity index is 1460. The van der Waals surface area contributed by atoms with Crippen molar-refractivity contribution >= 4 is 11.1 Å². The number of fused-ring (bicyclic) bond motifs is 1. The summed E-state index contributed by atoms with van der Waals surface area (Å²) in [5, 5.41) is 4.67. The fourth-order valence-electron chi connectivity index (χ4n) is 4.12. The van der Waals surface area contributed by atoms with Crippen molar-refractivity contribution in [1.82, 2.24) is 19.7 Å². The van der Waals surface area contributed by atoms with Crippen molar-refractivity contribution in [1.29, 1.82) is 0 Å². The van der Waals surface area contributed by atoms with Gasteiger partial charge < -0.3 is 4.42 Å². The quantitative estimate of drug-likeness (QED) is 0.334. The van der Waals surface area contributed by atoms with E-state index in [1.165, 1.54) is 6.39 Å². The van der Waals surface area contributed by atoms with Crippen LogP contribution in [0.5, 0.6) is 0 Å². The van der Waals surface area contributed by atoms with Crippen molar-refractivity contribution in [2.45, 2.75) is 0 Å². The molecule has 0 unspecified atom stereocenters. The monoisotopic (exact) mass is 414 g/mol. The molecule has 0 N–H and O–H groups in total. The summed E-state index contributed by atoms with van der Waals surface area (Å²) in [6, 6.07) is 32.9. The topological polar surface area (TPSA) is 56.7 Å². The lowest BCUT2D eigenvalue weighted by Gasteiger charge is -2.17. The predicted molar refractivity (Wildman–Crippen MR) is 125 cm³/mol. The van der Waals surface area contributed by atoms with E-state index in [1.807, 2.05) is 59.3 Å². The molecule has 152 valence electrons. The predicted octanol–water partition coefficient (Wildman–Crippen LogP) is 6.41. The molecule has 0 aliphatic carbocycles. The number of rotatable bonds is 4. The Hall–Kier alpha value is -4.51. The van der Waals surface area contributed by atoms with E-state index in [4.69, 9.17) is 4.42 Å². The number of hydrogen-bond acceptors (Lipinski definition) is 4. The van der Waals surface area contributed by atoms with E-state index >= 15 is 0 Å². The number of hydrogen-bond donors (Lipinski definition) is 0. The molecule has 0 fully saturated rings. The van der Waals surface area contributed by atoms with Gasteiger partial charge in [0.2, 0.25) is 0 Å². The molecule has 0 amide bonds. The van der Waals surface area contributed by atoms with Crippen LogP contribution in [0.1, 0.15) is 0 Å². The minimum absolute atomic E-state index is 0.695. The zero-order valence-electron chi connectivity index (χ0n) is 17.1. The molecule has 0 atom stereocenters. The molecule has 0 radical (unpaired) electrons. The van der Waals surface area contributed by atoms with Gasteiger partial charge in [0.05, 0.1) is 11.3 Å². The Kier molecular flexibility index (Phi) is 4.36. The number of oxazole rings is 1. The second-order valence-electron chi connectivity index (χ2n) is 7.44. The van der Waals surface area contributed by atoms with E-state index in [0.29, 0.717) is 11.4 Å². The van der Waals surface area contributed by atoms with Crippen LogP contribution < -0.4 is 0 Å². The van der Waals surface area contributed by atoms with Crippen LogP contribution in [-0.2, 0) is 0 Å². The second-order valence-corrected chi connectivity index (χ2v) is 7.44.